The van der Waals surface area contributed by atoms with Gasteiger partial charge in [-0.05, 0) is 47.5 Å². The number of aromatic nitrogens is 4. The van der Waals surface area contributed by atoms with E-state index in [2.05, 4.69) is 57.5 Å². The second kappa shape index (κ2) is 6.25. The molecule has 1 aromatic carbocycles. The SMILES string of the molecule is Cc1ccc(Br)cc1-n1nnnc1CNCC(C)C. The molecule has 0 fully saturated rings. The highest BCUT2D eigenvalue weighted by molar-refractivity contribution is 9.10. The first-order valence-electron chi connectivity index (χ1n) is 6.32. The smallest absolute Gasteiger partial charge is 0.170 e. The molecule has 0 saturated heterocycles. The van der Waals surface area contributed by atoms with Crippen LogP contribution in [0.3, 0.4) is 0 Å². The fourth-order valence-electron chi connectivity index (χ4n) is 1.79. The average molecular weight is 324 g/mol. The van der Waals surface area contributed by atoms with Crippen molar-refractivity contribution in [2.24, 2.45) is 5.92 Å². The Bertz CT molecular complexity index is 550. The van der Waals surface area contributed by atoms with Crippen LogP contribution in [0.4, 0.5) is 0 Å². The highest BCUT2D eigenvalue weighted by Crippen LogP contribution is 2.19. The molecule has 1 aromatic heterocycles. The van der Waals surface area contributed by atoms with Crippen LogP contribution in [-0.2, 0) is 6.54 Å². The van der Waals surface area contributed by atoms with Crippen LogP contribution in [0.2, 0.25) is 0 Å². The maximum absolute atomic E-state index is 4.08. The summed E-state index contributed by atoms with van der Waals surface area (Å²) in [6.07, 6.45) is 0. The van der Waals surface area contributed by atoms with E-state index in [-0.39, 0.29) is 0 Å². The van der Waals surface area contributed by atoms with Crippen molar-refractivity contribution in [2.75, 3.05) is 6.54 Å². The molecule has 0 aliphatic carbocycles. The molecule has 0 radical (unpaired) electrons. The summed E-state index contributed by atoms with van der Waals surface area (Å²) in [6, 6.07) is 6.09. The minimum atomic E-state index is 0.608. The van der Waals surface area contributed by atoms with E-state index in [9.17, 15) is 0 Å². The Labute approximate surface area is 121 Å². The van der Waals surface area contributed by atoms with Gasteiger partial charge < -0.3 is 5.32 Å². The van der Waals surface area contributed by atoms with E-state index in [4.69, 9.17) is 0 Å². The highest BCUT2D eigenvalue weighted by atomic mass is 79.9. The maximum Gasteiger partial charge on any atom is 0.170 e. The van der Waals surface area contributed by atoms with Crippen molar-refractivity contribution in [3.05, 3.63) is 34.1 Å². The van der Waals surface area contributed by atoms with Gasteiger partial charge in [-0.1, -0.05) is 35.8 Å². The molecular weight excluding hydrogens is 306 g/mol. The van der Waals surface area contributed by atoms with Crippen molar-refractivity contribution < 1.29 is 0 Å². The fourth-order valence-corrected chi connectivity index (χ4v) is 2.14. The third-order valence-corrected chi connectivity index (χ3v) is 3.26. The molecule has 1 N–H and O–H groups in total. The number of aryl methyl sites for hydroxylation is 1. The van der Waals surface area contributed by atoms with E-state index in [0.29, 0.717) is 12.5 Å². The van der Waals surface area contributed by atoms with Gasteiger partial charge in [0.25, 0.3) is 0 Å². The minimum absolute atomic E-state index is 0.608. The minimum Gasteiger partial charge on any atom is -0.310 e. The predicted molar refractivity (Wildman–Crippen MR) is 78.1 cm³/mol. The molecule has 6 heteroatoms. The molecule has 102 valence electrons. The number of nitrogens with one attached hydrogen (secondary N) is 1. The summed E-state index contributed by atoms with van der Waals surface area (Å²) < 4.78 is 2.80. The summed E-state index contributed by atoms with van der Waals surface area (Å²) in [4.78, 5) is 0. The van der Waals surface area contributed by atoms with Crippen LogP contribution < -0.4 is 5.32 Å². The van der Waals surface area contributed by atoms with Gasteiger partial charge in [-0.2, -0.15) is 4.68 Å². The predicted octanol–water partition coefficient (Wildman–Crippen LogP) is 2.48. The Morgan fingerprint density at radius 1 is 1.37 bits per heavy atom. The first-order chi connectivity index (χ1) is 9.08. The zero-order chi connectivity index (χ0) is 13.8. The Kier molecular flexibility index (Phi) is 4.66. The molecular formula is C13H18BrN5. The van der Waals surface area contributed by atoms with Gasteiger partial charge in [-0.3, -0.25) is 0 Å². The van der Waals surface area contributed by atoms with E-state index in [0.717, 1.165) is 28.1 Å². The Morgan fingerprint density at radius 3 is 2.89 bits per heavy atom. The van der Waals surface area contributed by atoms with Crippen molar-refractivity contribution in [3.63, 3.8) is 0 Å². The fraction of sp³-hybridized carbons (Fsp3) is 0.462. The molecule has 0 spiro atoms. The van der Waals surface area contributed by atoms with Crippen molar-refractivity contribution in [1.82, 2.24) is 25.5 Å². The molecule has 1 heterocycles. The topological polar surface area (TPSA) is 55.6 Å². The van der Waals surface area contributed by atoms with Crippen LogP contribution in [0, 0.1) is 12.8 Å². The summed E-state index contributed by atoms with van der Waals surface area (Å²) in [5.74, 6) is 1.43. The number of tetrazole rings is 1. The van der Waals surface area contributed by atoms with Crippen LogP contribution in [0.1, 0.15) is 25.2 Å². The van der Waals surface area contributed by atoms with Crippen molar-refractivity contribution in [3.8, 4) is 5.69 Å². The summed E-state index contributed by atoms with van der Waals surface area (Å²) in [7, 11) is 0. The van der Waals surface area contributed by atoms with Gasteiger partial charge in [0.2, 0.25) is 0 Å². The maximum atomic E-state index is 4.08. The highest BCUT2D eigenvalue weighted by Gasteiger charge is 2.10. The summed E-state index contributed by atoms with van der Waals surface area (Å²) in [6.45, 7) is 8.01. The quantitative estimate of drug-likeness (QED) is 0.918. The van der Waals surface area contributed by atoms with Gasteiger partial charge >= 0.3 is 0 Å². The molecule has 2 rings (SSSR count). The van der Waals surface area contributed by atoms with Crippen LogP contribution in [0.25, 0.3) is 5.69 Å². The Balaban J connectivity index is 2.21. The lowest BCUT2D eigenvalue weighted by atomic mass is 10.2. The zero-order valence-electron chi connectivity index (χ0n) is 11.4. The van der Waals surface area contributed by atoms with Crippen molar-refractivity contribution >= 4 is 15.9 Å². The van der Waals surface area contributed by atoms with Gasteiger partial charge in [0.15, 0.2) is 5.82 Å². The lowest BCUT2D eigenvalue weighted by Gasteiger charge is -2.10. The van der Waals surface area contributed by atoms with Gasteiger partial charge in [0.05, 0.1) is 12.2 Å². The third-order valence-electron chi connectivity index (χ3n) is 2.77. The first kappa shape index (κ1) is 14.1. The monoisotopic (exact) mass is 323 g/mol. The number of hydrogen-bond acceptors (Lipinski definition) is 4. The first-order valence-corrected chi connectivity index (χ1v) is 7.11. The van der Waals surface area contributed by atoms with E-state index < -0.39 is 0 Å². The standard InChI is InChI=1S/C13H18BrN5/c1-9(2)7-15-8-13-16-17-18-19(13)12-6-11(14)5-4-10(12)3/h4-6,9,15H,7-8H2,1-3H3. The number of hydrogen-bond donors (Lipinski definition) is 1. The molecule has 0 bridgehead atoms. The molecule has 0 amide bonds. The van der Waals surface area contributed by atoms with Gasteiger partial charge in [0.1, 0.15) is 0 Å². The summed E-state index contributed by atoms with van der Waals surface area (Å²) >= 11 is 3.48. The molecule has 0 aliphatic heterocycles. The summed E-state index contributed by atoms with van der Waals surface area (Å²) in [5, 5.41) is 15.3. The number of benzene rings is 1. The molecule has 0 unspecified atom stereocenters. The van der Waals surface area contributed by atoms with Crippen LogP contribution >= 0.6 is 15.9 Å². The molecule has 2 aromatic rings. The summed E-state index contributed by atoms with van der Waals surface area (Å²) in [5.41, 5.74) is 2.14. The van der Waals surface area contributed by atoms with Crippen LogP contribution in [0.15, 0.2) is 22.7 Å². The van der Waals surface area contributed by atoms with Crippen molar-refractivity contribution in [1.29, 1.82) is 0 Å². The second-order valence-electron chi connectivity index (χ2n) is 4.96. The molecule has 19 heavy (non-hydrogen) atoms. The Hall–Kier alpha value is -1.27. The zero-order valence-corrected chi connectivity index (χ0v) is 13.0. The van der Waals surface area contributed by atoms with E-state index in [1.54, 1.807) is 4.68 Å². The molecule has 0 saturated carbocycles. The Morgan fingerprint density at radius 2 is 2.16 bits per heavy atom. The van der Waals surface area contributed by atoms with Crippen LogP contribution in [-0.4, -0.2) is 26.8 Å². The lowest BCUT2D eigenvalue weighted by Crippen LogP contribution is -2.21. The number of halogens is 1. The van der Waals surface area contributed by atoms with E-state index in [1.165, 1.54) is 0 Å². The molecule has 5 nitrogen and oxygen atoms in total. The number of nitrogens with zero attached hydrogens (tertiary/aromatic N) is 4. The van der Waals surface area contributed by atoms with Gasteiger partial charge in [0, 0.05) is 4.47 Å². The molecule has 0 aliphatic rings. The van der Waals surface area contributed by atoms with Crippen molar-refractivity contribution in [2.45, 2.75) is 27.3 Å². The largest absolute Gasteiger partial charge is 0.310 e. The van der Waals surface area contributed by atoms with Crippen LogP contribution in [0.5, 0.6) is 0 Å². The lowest BCUT2D eigenvalue weighted by molar-refractivity contribution is 0.537. The average Bonchev–Trinajstić information content (AvgIpc) is 2.80. The third kappa shape index (κ3) is 3.61. The van der Waals surface area contributed by atoms with Gasteiger partial charge in [-0.25, -0.2) is 0 Å². The van der Waals surface area contributed by atoms with E-state index in [1.807, 2.05) is 18.2 Å². The number of rotatable bonds is 5. The normalized spacial score (nSPS) is 11.2. The molecule has 0 atom stereocenters. The second-order valence-corrected chi connectivity index (χ2v) is 5.88. The van der Waals surface area contributed by atoms with Gasteiger partial charge in [-0.15, -0.1) is 5.10 Å². The van der Waals surface area contributed by atoms with E-state index >= 15 is 0 Å².